The smallest absolute Gasteiger partial charge is 0.340 e. The molecule has 0 radical (unpaired) electrons. The topological polar surface area (TPSA) is 86.2 Å². The van der Waals surface area contributed by atoms with E-state index in [-0.39, 0.29) is 18.0 Å². The summed E-state index contributed by atoms with van der Waals surface area (Å²) >= 11 is 2.01. The first-order valence-electron chi connectivity index (χ1n) is 13.4. The molecule has 2 aliphatic rings. The molecule has 1 fully saturated rings. The standard InChI is InChI=1S/C29H36N4O3S/c1-6-8-9-18-15-31-27(35-19-12-20(13-19)37-7-2)23-16-30-25(14-22(18)23)32-24-11-10-21-26(33-24)17(3)29(4,5)36-28(21)34/h10-11,14-17,19-20H,6-9,12-13H2,1-5H3,(H,30,32,33). The van der Waals surface area contributed by atoms with E-state index in [0.717, 1.165) is 54.3 Å². The third-order valence-electron chi connectivity index (χ3n) is 7.56. The Bertz CT molecular complexity index is 1310. The number of hydrogen-bond donors (Lipinski definition) is 1. The van der Waals surface area contributed by atoms with Crippen molar-refractivity contribution in [2.24, 2.45) is 0 Å². The van der Waals surface area contributed by atoms with Crippen molar-refractivity contribution in [1.29, 1.82) is 0 Å². The number of carbonyl (C=O) groups excluding carboxylic acids is 1. The highest BCUT2D eigenvalue weighted by atomic mass is 32.2. The van der Waals surface area contributed by atoms with Crippen LogP contribution in [0.3, 0.4) is 0 Å². The second-order valence-corrected chi connectivity index (χ2v) is 12.1. The lowest BCUT2D eigenvalue weighted by molar-refractivity contribution is -0.0189. The maximum absolute atomic E-state index is 12.5. The third kappa shape index (κ3) is 5.26. The highest BCUT2D eigenvalue weighted by molar-refractivity contribution is 7.99. The van der Waals surface area contributed by atoms with Crippen LogP contribution in [0.15, 0.2) is 30.6 Å². The quantitative estimate of drug-likeness (QED) is 0.307. The van der Waals surface area contributed by atoms with Gasteiger partial charge < -0.3 is 14.8 Å². The van der Waals surface area contributed by atoms with Gasteiger partial charge in [0, 0.05) is 23.6 Å². The highest BCUT2D eigenvalue weighted by Crippen LogP contribution is 2.39. The summed E-state index contributed by atoms with van der Waals surface area (Å²) in [5.74, 6) is 2.80. The van der Waals surface area contributed by atoms with E-state index >= 15 is 0 Å². The molecule has 5 rings (SSSR count). The highest BCUT2D eigenvalue weighted by Gasteiger charge is 2.40. The molecule has 4 heterocycles. The van der Waals surface area contributed by atoms with Crippen molar-refractivity contribution >= 4 is 40.1 Å². The van der Waals surface area contributed by atoms with Gasteiger partial charge >= 0.3 is 5.97 Å². The van der Waals surface area contributed by atoms with Gasteiger partial charge in [0.2, 0.25) is 5.88 Å². The van der Waals surface area contributed by atoms with Crippen LogP contribution in [0.2, 0.25) is 0 Å². The zero-order chi connectivity index (χ0) is 26.2. The van der Waals surface area contributed by atoms with E-state index in [1.807, 2.05) is 44.9 Å². The Morgan fingerprint density at radius 1 is 1.14 bits per heavy atom. The molecule has 1 N–H and O–H groups in total. The number of ether oxygens (including phenoxy) is 2. The Labute approximate surface area is 223 Å². The average Bonchev–Trinajstić information content (AvgIpc) is 2.85. The molecule has 1 saturated carbocycles. The Morgan fingerprint density at radius 2 is 1.95 bits per heavy atom. The maximum atomic E-state index is 12.5. The van der Waals surface area contributed by atoms with Crippen LogP contribution in [-0.4, -0.2) is 43.6 Å². The Kier molecular flexibility index (Phi) is 7.30. The largest absolute Gasteiger partial charge is 0.474 e. The van der Waals surface area contributed by atoms with Gasteiger partial charge in [-0.25, -0.2) is 19.7 Å². The molecule has 3 aromatic rings. The summed E-state index contributed by atoms with van der Waals surface area (Å²) < 4.78 is 11.9. The van der Waals surface area contributed by atoms with Crippen molar-refractivity contribution in [3.63, 3.8) is 0 Å². The Morgan fingerprint density at radius 3 is 2.70 bits per heavy atom. The Hall–Kier alpha value is -2.87. The lowest BCUT2D eigenvalue weighted by Crippen LogP contribution is -2.39. The number of fused-ring (bicyclic) bond motifs is 2. The first-order valence-corrected chi connectivity index (χ1v) is 14.4. The molecule has 196 valence electrons. The van der Waals surface area contributed by atoms with Gasteiger partial charge in [-0.15, -0.1) is 0 Å². The van der Waals surface area contributed by atoms with Crippen LogP contribution < -0.4 is 10.1 Å². The van der Waals surface area contributed by atoms with Crippen molar-refractivity contribution in [3.8, 4) is 5.88 Å². The number of pyridine rings is 3. The molecule has 1 aliphatic heterocycles. The van der Waals surface area contributed by atoms with Crippen LogP contribution >= 0.6 is 11.8 Å². The van der Waals surface area contributed by atoms with E-state index in [1.165, 1.54) is 5.56 Å². The van der Waals surface area contributed by atoms with Crippen molar-refractivity contribution < 1.29 is 14.3 Å². The lowest BCUT2D eigenvalue weighted by atomic mass is 9.84. The number of hydrogen-bond acceptors (Lipinski definition) is 8. The molecule has 1 atom stereocenters. The second kappa shape index (κ2) is 10.5. The Balaban J connectivity index is 1.43. The van der Waals surface area contributed by atoms with Crippen molar-refractivity contribution in [3.05, 3.63) is 47.4 Å². The number of esters is 1. The van der Waals surface area contributed by atoms with Crippen LogP contribution in [0.5, 0.6) is 5.88 Å². The van der Waals surface area contributed by atoms with Gasteiger partial charge in [0.25, 0.3) is 0 Å². The molecular weight excluding hydrogens is 484 g/mol. The summed E-state index contributed by atoms with van der Waals surface area (Å²) in [6, 6.07) is 5.65. The maximum Gasteiger partial charge on any atom is 0.340 e. The monoisotopic (exact) mass is 520 g/mol. The lowest BCUT2D eigenvalue weighted by Gasteiger charge is -2.36. The number of carbonyl (C=O) groups is 1. The second-order valence-electron chi connectivity index (χ2n) is 10.6. The van der Waals surface area contributed by atoms with Gasteiger partial charge in [0.1, 0.15) is 23.3 Å². The number of aryl methyl sites for hydroxylation is 1. The summed E-state index contributed by atoms with van der Waals surface area (Å²) in [4.78, 5) is 26.6. The van der Waals surface area contributed by atoms with Gasteiger partial charge in [0.15, 0.2) is 0 Å². The average molecular weight is 521 g/mol. The minimum atomic E-state index is -0.607. The number of anilines is 2. The van der Waals surface area contributed by atoms with Crippen LogP contribution in [0.25, 0.3) is 10.8 Å². The molecule has 0 spiro atoms. The van der Waals surface area contributed by atoms with Crippen LogP contribution in [-0.2, 0) is 11.2 Å². The number of unbranched alkanes of at least 4 members (excludes halogenated alkanes) is 1. The molecule has 3 aromatic heterocycles. The fraction of sp³-hybridized carbons (Fsp3) is 0.517. The minimum absolute atomic E-state index is 0.0280. The molecule has 37 heavy (non-hydrogen) atoms. The van der Waals surface area contributed by atoms with Crippen LogP contribution in [0.4, 0.5) is 11.6 Å². The van der Waals surface area contributed by atoms with Crippen molar-refractivity contribution in [2.75, 3.05) is 11.1 Å². The molecule has 0 bridgehead atoms. The number of thioether (sulfide) groups is 1. The molecule has 1 unspecified atom stereocenters. The SMILES string of the molecule is CCCCc1cnc(OC2CC(SCC)C2)c2cnc(Nc3ccc4c(n3)C(C)C(C)(C)OC4=O)cc12. The predicted octanol–water partition coefficient (Wildman–Crippen LogP) is 6.83. The number of rotatable bonds is 9. The zero-order valence-electron chi connectivity index (χ0n) is 22.3. The van der Waals surface area contributed by atoms with E-state index in [2.05, 4.69) is 30.2 Å². The zero-order valence-corrected chi connectivity index (χ0v) is 23.2. The van der Waals surface area contributed by atoms with Gasteiger partial charge in [-0.1, -0.05) is 27.2 Å². The normalized spacial score (nSPS) is 22.2. The summed E-state index contributed by atoms with van der Waals surface area (Å²) in [5.41, 5.74) is 1.85. The van der Waals surface area contributed by atoms with Gasteiger partial charge in [-0.05, 0) is 74.4 Å². The molecule has 0 amide bonds. The third-order valence-corrected chi connectivity index (χ3v) is 8.75. The number of nitrogens with zero attached hydrogens (tertiary/aromatic N) is 3. The van der Waals surface area contributed by atoms with E-state index < -0.39 is 5.60 Å². The number of aromatic nitrogens is 3. The summed E-state index contributed by atoms with van der Waals surface area (Å²) in [5, 5.41) is 6.10. The van der Waals surface area contributed by atoms with E-state index in [9.17, 15) is 4.79 Å². The summed E-state index contributed by atoms with van der Waals surface area (Å²) in [6.45, 7) is 10.3. The fourth-order valence-electron chi connectivity index (χ4n) is 4.93. The van der Waals surface area contributed by atoms with Crippen LogP contribution in [0, 0.1) is 0 Å². The van der Waals surface area contributed by atoms with Crippen molar-refractivity contribution in [2.45, 2.75) is 89.6 Å². The molecule has 1 aliphatic carbocycles. The van der Waals surface area contributed by atoms with E-state index in [0.29, 0.717) is 28.3 Å². The molecular formula is C29H36N4O3S. The molecule has 8 heteroatoms. The molecule has 0 saturated heterocycles. The summed E-state index contributed by atoms with van der Waals surface area (Å²) in [6.07, 6.45) is 9.33. The van der Waals surface area contributed by atoms with Crippen LogP contribution in [0.1, 0.15) is 87.8 Å². The first kappa shape index (κ1) is 25.8. The summed E-state index contributed by atoms with van der Waals surface area (Å²) in [7, 11) is 0. The molecule has 7 nitrogen and oxygen atoms in total. The number of cyclic esters (lactones) is 1. The molecule has 0 aromatic carbocycles. The van der Waals surface area contributed by atoms with E-state index in [4.69, 9.17) is 19.4 Å². The van der Waals surface area contributed by atoms with Gasteiger partial charge in [-0.3, -0.25) is 0 Å². The van der Waals surface area contributed by atoms with Gasteiger partial charge in [-0.2, -0.15) is 11.8 Å². The minimum Gasteiger partial charge on any atom is -0.474 e. The van der Waals surface area contributed by atoms with E-state index in [1.54, 1.807) is 12.1 Å². The predicted molar refractivity (Wildman–Crippen MR) is 149 cm³/mol. The van der Waals surface area contributed by atoms with Gasteiger partial charge in [0.05, 0.1) is 16.6 Å². The first-order chi connectivity index (χ1) is 17.8. The van der Waals surface area contributed by atoms with Crippen molar-refractivity contribution in [1.82, 2.24) is 15.0 Å². The number of nitrogens with one attached hydrogen (secondary N) is 1. The fourth-order valence-corrected chi connectivity index (χ4v) is 6.10.